The van der Waals surface area contributed by atoms with Gasteiger partial charge in [-0.05, 0) is 51.9 Å². The average Bonchev–Trinajstić information content (AvgIpc) is 2.77. The predicted octanol–water partition coefficient (Wildman–Crippen LogP) is 4.13. The molecule has 1 heterocycles. The van der Waals surface area contributed by atoms with Crippen LogP contribution >= 0.6 is 15.9 Å². The van der Waals surface area contributed by atoms with Crippen LogP contribution in [-0.4, -0.2) is 19.4 Å². The zero-order chi connectivity index (χ0) is 13.3. The molecule has 1 atom stereocenters. The minimum Gasteiger partial charge on any atom is -0.370 e. The number of hydrogen-bond acceptors (Lipinski definition) is 2. The van der Waals surface area contributed by atoms with E-state index in [2.05, 4.69) is 41.6 Å². The molecule has 0 aliphatic carbocycles. The third-order valence-corrected chi connectivity index (χ3v) is 4.50. The summed E-state index contributed by atoms with van der Waals surface area (Å²) in [5.74, 6) is 0.732. The molecule has 0 N–H and O–H groups in total. The minimum absolute atomic E-state index is 0.365. The number of aldehydes is 1. The van der Waals surface area contributed by atoms with Crippen LogP contribution in [0.2, 0.25) is 0 Å². The summed E-state index contributed by atoms with van der Waals surface area (Å²) in [7, 11) is 0. The van der Waals surface area contributed by atoms with Crippen molar-refractivity contribution in [2.45, 2.75) is 27.2 Å². The highest BCUT2D eigenvalue weighted by Crippen LogP contribution is 2.37. The van der Waals surface area contributed by atoms with E-state index in [9.17, 15) is 4.79 Å². The number of benzene rings is 1. The summed E-state index contributed by atoms with van der Waals surface area (Å²) in [6.45, 7) is 9.13. The fourth-order valence-corrected chi connectivity index (χ4v) is 3.19. The van der Waals surface area contributed by atoms with Crippen molar-refractivity contribution in [1.82, 2.24) is 0 Å². The Kier molecular flexibility index (Phi) is 3.81. The third-order valence-electron chi connectivity index (χ3n) is 3.86. The van der Waals surface area contributed by atoms with E-state index in [0.717, 1.165) is 35.3 Å². The molecule has 1 unspecified atom stereocenters. The second-order valence-corrected chi connectivity index (χ2v) is 6.98. The second-order valence-electron chi connectivity index (χ2n) is 6.13. The van der Waals surface area contributed by atoms with E-state index in [-0.39, 0.29) is 0 Å². The lowest BCUT2D eigenvalue weighted by Crippen LogP contribution is -2.26. The zero-order valence-corrected chi connectivity index (χ0v) is 12.8. The van der Waals surface area contributed by atoms with Crippen LogP contribution in [0.3, 0.4) is 0 Å². The number of anilines is 1. The molecule has 0 bridgehead atoms. The fourth-order valence-electron chi connectivity index (χ4n) is 2.54. The van der Waals surface area contributed by atoms with E-state index >= 15 is 0 Å². The Morgan fingerprint density at radius 2 is 2.11 bits per heavy atom. The number of rotatable bonds is 2. The van der Waals surface area contributed by atoms with Crippen molar-refractivity contribution < 1.29 is 4.79 Å². The first-order valence-electron chi connectivity index (χ1n) is 6.41. The largest absolute Gasteiger partial charge is 0.370 e. The van der Waals surface area contributed by atoms with Crippen LogP contribution in [0.4, 0.5) is 5.69 Å². The highest BCUT2D eigenvalue weighted by molar-refractivity contribution is 9.10. The molecule has 0 saturated carbocycles. The molecule has 2 rings (SSSR count). The van der Waals surface area contributed by atoms with Gasteiger partial charge in [0.25, 0.3) is 0 Å². The molecule has 0 radical (unpaired) electrons. The first-order chi connectivity index (χ1) is 8.41. The van der Waals surface area contributed by atoms with Gasteiger partial charge in [0.05, 0.1) is 5.69 Å². The lowest BCUT2D eigenvalue weighted by molar-refractivity contribution is 0.112. The first-order valence-corrected chi connectivity index (χ1v) is 7.21. The van der Waals surface area contributed by atoms with Crippen molar-refractivity contribution in [3.8, 4) is 0 Å². The van der Waals surface area contributed by atoms with Crippen LogP contribution in [0.1, 0.15) is 37.6 Å². The van der Waals surface area contributed by atoms with Crippen LogP contribution in [0.25, 0.3) is 0 Å². The summed E-state index contributed by atoms with van der Waals surface area (Å²) in [6, 6.07) is 5.82. The van der Waals surface area contributed by atoms with Gasteiger partial charge in [-0.25, -0.2) is 0 Å². The maximum absolute atomic E-state index is 10.7. The summed E-state index contributed by atoms with van der Waals surface area (Å²) >= 11 is 3.57. The molecule has 98 valence electrons. The normalized spacial score (nSPS) is 20.2. The molecular weight excluding hydrogens is 290 g/mol. The average molecular weight is 310 g/mol. The summed E-state index contributed by atoms with van der Waals surface area (Å²) in [5, 5.41) is 0. The number of halogens is 1. The van der Waals surface area contributed by atoms with Gasteiger partial charge >= 0.3 is 0 Å². The topological polar surface area (TPSA) is 20.3 Å². The Morgan fingerprint density at radius 3 is 2.61 bits per heavy atom. The molecule has 1 aliphatic rings. The summed E-state index contributed by atoms with van der Waals surface area (Å²) in [5.41, 5.74) is 2.29. The van der Waals surface area contributed by atoms with E-state index in [4.69, 9.17) is 0 Å². The SMILES string of the molecule is CC(C)(C)C1CCN(c2ccc(C=O)cc2Br)C1. The van der Waals surface area contributed by atoms with Gasteiger partial charge < -0.3 is 4.90 Å². The van der Waals surface area contributed by atoms with Crippen molar-refractivity contribution >= 4 is 27.9 Å². The van der Waals surface area contributed by atoms with Crippen molar-refractivity contribution in [2.24, 2.45) is 11.3 Å². The molecule has 18 heavy (non-hydrogen) atoms. The Balaban J connectivity index is 2.17. The molecule has 3 heteroatoms. The summed E-state index contributed by atoms with van der Waals surface area (Å²) in [6.07, 6.45) is 2.13. The Labute approximate surface area is 117 Å². The van der Waals surface area contributed by atoms with E-state index in [0.29, 0.717) is 5.41 Å². The molecule has 1 aliphatic heterocycles. The maximum atomic E-state index is 10.7. The molecule has 0 aromatic heterocycles. The van der Waals surface area contributed by atoms with E-state index < -0.39 is 0 Å². The van der Waals surface area contributed by atoms with Gasteiger partial charge in [0, 0.05) is 23.1 Å². The summed E-state index contributed by atoms with van der Waals surface area (Å²) < 4.78 is 1.02. The molecule has 1 aromatic carbocycles. The van der Waals surface area contributed by atoms with Crippen molar-refractivity contribution in [2.75, 3.05) is 18.0 Å². The molecule has 1 fully saturated rings. The van der Waals surface area contributed by atoms with Gasteiger partial charge in [0.15, 0.2) is 0 Å². The molecule has 1 saturated heterocycles. The first kappa shape index (κ1) is 13.6. The van der Waals surface area contributed by atoms with Crippen molar-refractivity contribution in [1.29, 1.82) is 0 Å². The van der Waals surface area contributed by atoms with Crippen molar-refractivity contribution in [3.05, 3.63) is 28.2 Å². The Hall–Kier alpha value is -0.830. The second kappa shape index (κ2) is 5.04. The standard InChI is InChI=1S/C15H20BrNO/c1-15(2,3)12-6-7-17(9-12)14-5-4-11(10-18)8-13(14)16/h4-5,8,10,12H,6-7,9H2,1-3H3. The van der Waals surface area contributed by atoms with Crippen molar-refractivity contribution in [3.63, 3.8) is 0 Å². The van der Waals surface area contributed by atoms with Gasteiger partial charge in [-0.3, -0.25) is 4.79 Å². The van der Waals surface area contributed by atoms with Gasteiger partial charge in [-0.2, -0.15) is 0 Å². The van der Waals surface area contributed by atoms with Crippen LogP contribution in [0.15, 0.2) is 22.7 Å². The quantitative estimate of drug-likeness (QED) is 0.765. The maximum Gasteiger partial charge on any atom is 0.150 e. The monoisotopic (exact) mass is 309 g/mol. The Morgan fingerprint density at radius 1 is 1.39 bits per heavy atom. The molecule has 0 amide bonds. The lowest BCUT2D eigenvalue weighted by Gasteiger charge is -2.27. The van der Waals surface area contributed by atoms with Crippen LogP contribution < -0.4 is 4.90 Å². The van der Waals surface area contributed by atoms with Gasteiger partial charge in [0.2, 0.25) is 0 Å². The highest BCUT2D eigenvalue weighted by Gasteiger charge is 2.32. The van der Waals surface area contributed by atoms with E-state index in [1.165, 1.54) is 12.1 Å². The minimum atomic E-state index is 0.365. The van der Waals surface area contributed by atoms with E-state index in [1.54, 1.807) is 0 Å². The summed E-state index contributed by atoms with van der Waals surface area (Å²) in [4.78, 5) is 13.2. The molecule has 2 nitrogen and oxygen atoms in total. The third kappa shape index (κ3) is 2.77. The highest BCUT2D eigenvalue weighted by atomic mass is 79.9. The fraction of sp³-hybridized carbons (Fsp3) is 0.533. The number of nitrogens with zero attached hydrogens (tertiary/aromatic N) is 1. The number of carbonyl (C=O) groups excluding carboxylic acids is 1. The van der Waals surface area contributed by atoms with Gasteiger partial charge in [-0.15, -0.1) is 0 Å². The number of hydrogen-bond donors (Lipinski definition) is 0. The van der Waals surface area contributed by atoms with Crippen LogP contribution in [0, 0.1) is 11.3 Å². The van der Waals surface area contributed by atoms with Gasteiger partial charge in [0.1, 0.15) is 6.29 Å². The predicted molar refractivity (Wildman–Crippen MR) is 79.3 cm³/mol. The molecule has 0 spiro atoms. The van der Waals surface area contributed by atoms with Crippen LogP contribution in [-0.2, 0) is 0 Å². The molecular formula is C15H20BrNO. The van der Waals surface area contributed by atoms with E-state index in [1.807, 2.05) is 18.2 Å². The Bertz CT molecular complexity index is 450. The molecule has 1 aromatic rings. The van der Waals surface area contributed by atoms with Crippen LogP contribution in [0.5, 0.6) is 0 Å². The zero-order valence-electron chi connectivity index (χ0n) is 11.2. The van der Waals surface area contributed by atoms with Gasteiger partial charge in [-0.1, -0.05) is 20.8 Å². The lowest BCUT2D eigenvalue weighted by atomic mass is 9.80. The number of carbonyl (C=O) groups is 1. The smallest absolute Gasteiger partial charge is 0.150 e.